The van der Waals surface area contributed by atoms with Gasteiger partial charge in [-0.3, -0.25) is 0 Å². The fourth-order valence-electron chi connectivity index (χ4n) is 2.76. The molecule has 0 radical (unpaired) electrons. The normalized spacial score (nSPS) is 17.3. The minimum absolute atomic E-state index is 0.101. The lowest BCUT2D eigenvalue weighted by Gasteiger charge is -2.31. The molecule has 0 unspecified atom stereocenters. The molecule has 0 aliphatic heterocycles. The fraction of sp³-hybridized carbons (Fsp3) is 0.600. The van der Waals surface area contributed by atoms with Crippen LogP contribution in [0.25, 0.3) is 0 Å². The van der Waals surface area contributed by atoms with Crippen LogP contribution in [-0.2, 0) is 10.0 Å². The van der Waals surface area contributed by atoms with Crippen LogP contribution in [0.3, 0.4) is 0 Å². The Morgan fingerprint density at radius 1 is 1.19 bits per heavy atom. The molecule has 1 N–H and O–H groups in total. The Balaban J connectivity index is 1.83. The molecular weight excluding hydrogens is 291 g/mol. The van der Waals surface area contributed by atoms with Gasteiger partial charge in [0.25, 0.3) is 0 Å². The first kappa shape index (κ1) is 16.4. The van der Waals surface area contributed by atoms with E-state index in [4.69, 9.17) is 0 Å². The van der Waals surface area contributed by atoms with Crippen LogP contribution in [-0.4, -0.2) is 39.5 Å². The molecule has 0 bridgehead atoms. The second-order valence-corrected chi connectivity index (χ2v) is 7.39. The summed E-state index contributed by atoms with van der Waals surface area (Å²) >= 11 is 0. The van der Waals surface area contributed by atoms with Gasteiger partial charge in [-0.2, -0.15) is 0 Å². The molecule has 1 fully saturated rings. The van der Waals surface area contributed by atoms with Gasteiger partial charge in [0.05, 0.1) is 4.90 Å². The second kappa shape index (κ2) is 7.33. The van der Waals surface area contributed by atoms with Crippen LogP contribution in [0.2, 0.25) is 0 Å². The topological polar surface area (TPSA) is 49.4 Å². The number of hydrogen-bond acceptors (Lipinski definition) is 3. The van der Waals surface area contributed by atoms with E-state index in [-0.39, 0.29) is 4.90 Å². The molecule has 118 valence electrons. The third kappa shape index (κ3) is 4.76. The van der Waals surface area contributed by atoms with Gasteiger partial charge < -0.3 is 4.90 Å². The molecule has 1 saturated carbocycles. The van der Waals surface area contributed by atoms with E-state index in [2.05, 4.69) is 9.62 Å². The molecule has 2 rings (SSSR count). The number of sulfonamides is 1. The summed E-state index contributed by atoms with van der Waals surface area (Å²) in [6, 6.07) is 5.44. The standard InChI is InChI=1S/C15H23FN2O2S/c1-18(14-5-3-2-4-6-14)12-11-17-21(19,20)15-9-7-13(16)8-10-15/h7-10,14,17H,2-6,11-12H2,1H3. The molecule has 1 aromatic carbocycles. The van der Waals surface area contributed by atoms with Gasteiger partial charge in [-0.25, -0.2) is 17.5 Å². The summed E-state index contributed by atoms with van der Waals surface area (Å²) in [7, 11) is -1.50. The maximum Gasteiger partial charge on any atom is 0.240 e. The van der Waals surface area contributed by atoms with Crippen molar-refractivity contribution in [3.8, 4) is 0 Å². The van der Waals surface area contributed by atoms with Crippen LogP contribution in [0.15, 0.2) is 29.2 Å². The molecule has 0 spiro atoms. The highest BCUT2D eigenvalue weighted by molar-refractivity contribution is 7.89. The van der Waals surface area contributed by atoms with Crippen molar-refractivity contribution in [2.75, 3.05) is 20.1 Å². The second-order valence-electron chi connectivity index (χ2n) is 5.62. The van der Waals surface area contributed by atoms with E-state index < -0.39 is 15.8 Å². The monoisotopic (exact) mass is 314 g/mol. The smallest absolute Gasteiger partial charge is 0.240 e. The molecular formula is C15H23FN2O2S. The molecule has 1 aliphatic rings. The SMILES string of the molecule is CN(CCNS(=O)(=O)c1ccc(F)cc1)C1CCCCC1. The summed E-state index contributed by atoms with van der Waals surface area (Å²) in [4.78, 5) is 2.33. The summed E-state index contributed by atoms with van der Waals surface area (Å²) in [6.45, 7) is 1.05. The Bertz CT molecular complexity index is 539. The van der Waals surface area contributed by atoms with Crippen molar-refractivity contribution >= 4 is 10.0 Å². The van der Waals surface area contributed by atoms with E-state index in [1.165, 1.54) is 44.2 Å². The van der Waals surface area contributed by atoms with Gasteiger partial charge in [0.15, 0.2) is 0 Å². The average molecular weight is 314 g/mol. The molecule has 21 heavy (non-hydrogen) atoms. The van der Waals surface area contributed by atoms with Crippen molar-refractivity contribution < 1.29 is 12.8 Å². The predicted molar refractivity (Wildman–Crippen MR) is 81.1 cm³/mol. The Kier molecular flexibility index (Phi) is 5.72. The molecule has 0 aromatic heterocycles. The van der Waals surface area contributed by atoms with E-state index in [1.54, 1.807) is 0 Å². The third-order valence-corrected chi connectivity index (χ3v) is 5.56. The lowest BCUT2D eigenvalue weighted by Crippen LogP contribution is -2.39. The van der Waals surface area contributed by atoms with Crippen LogP contribution in [0, 0.1) is 5.82 Å². The zero-order valence-electron chi connectivity index (χ0n) is 12.4. The van der Waals surface area contributed by atoms with E-state index in [9.17, 15) is 12.8 Å². The average Bonchev–Trinajstić information content (AvgIpc) is 2.48. The molecule has 0 atom stereocenters. The van der Waals surface area contributed by atoms with Crippen molar-refractivity contribution in [1.82, 2.24) is 9.62 Å². The fourth-order valence-corrected chi connectivity index (χ4v) is 3.78. The molecule has 6 heteroatoms. The van der Waals surface area contributed by atoms with Gasteiger partial charge in [-0.1, -0.05) is 19.3 Å². The van der Waals surface area contributed by atoms with Crippen molar-refractivity contribution in [3.05, 3.63) is 30.1 Å². The van der Waals surface area contributed by atoms with Crippen molar-refractivity contribution in [2.24, 2.45) is 0 Å². The van der Waals surface area contributed by atoms with E-state index >= 15 is 0 Å². The molecule has 0 saturated heterocycles. The van der Waals surface area contributed by atoms with Crippen molar-refractivity contribution in [1.29, 1.82) is 0 Å². The number of nitrogens with one attached hydrogen (secondary N) is 1. The number of halogens is 1. The summed E-state index contributed by atoms with van der Waals surface area (Å²) in [6.07, 6.45) is 6.22. The van der Waals surface area contributed by atoms with E-state index in [0.717, 1.165) is 12.1 Å². The maximum absolute atomic E-state index is 12.8. The Morgan fingerprint density at radius 2 is 1.81 bits per heavy atom. The lowest BCUT2D eigenvalue weighted by atomic mass is 9.94. The van der Waals surface area contributed by atoms with Crippen LogP contribution < -0.4 is 4.72 Å². The van der Waals surface area contributed by atoms with Crippen LogP contribution in [0.4, 0.5) is 4.39 Å². The van der Waals surface area contributed by atoms with Gasteiger partial charge in [0, 0.05) is 19.1 Å². The first-order valence-corrected chi connectivity index (χ1v) is 8.93. The van der Waals surface area contributed by atoms with Crippen LogP contribution in [0.5, 0.6) is 0 Å². The zero-order chi connectivity index (χ0) is 15.3. The number of rotatable bonds is 6. The Labute approximate surface area is 126 Å². The third-order valence-electron chi connectivity index (χ3n) is 4.08. The summed E-state index contributed by atoms with van der Waals surface area (Å²) in [5, 5.41) is 0. The minimum Gasteiger partial charge on any atom is -0.302 e. The Morgan fingerprint density at radius 3 is 2.43 bits per heavy atom. The molecule has 0 heterocycles. The van der Waals surface area contributed by atoms with Gasteiger partial charge in [-0.05, 0) is 44.2 Å². The summed E-state index contributed by atoms with van der Waals surface area (Å²) in [5.74, 6) is -0.439. The van der Waals surface area contributed by atoms with Gasteiger partial charge in [-0.15, -0.1) is 0 Å². The molecule has 1 aromatic rings. The van der Waals surface area contributed by atoms with Crippen LogP contribution in [0.1, 0.15) is 32.1 Å². The number of benzene rings is 1. The Hall–Kier alpha value is -0.980. The van der Waals surface area contributed by atoms with Gasteiger partial charge in [0.2, 0.25) is 10.0 Å². The predicted octanol–water partition coefficient (Wildman–Crippen LogP) is 2.37. The first-order chi connectivity index (χ1) is 9.99. The highest BCUT2D eigenvalue weighted by Gasteiger charge is 2.19. The summed E-state index contributed by atoms with van der Waals surface area (Å²) < 4.78 is 39.5. The minimum atomic E-state index is -3.55. The lowest BCUT2D eigenvalue weighted by molar-refractivity contribution is 0.195. The quantitative estimate of drug-likeness (QED) is 0.877. The number of nitrogens with zero attached hydrogens (tertiary/aromatic N) is 1. The number of likely N-dealkylation sites (N-methyl/N-ethyl adjacent to an activating group) is 1. The summed E-state index contributed by atoms with van der Waals surface area (Å²) in [5.41, 5.74) is 0. The van der Waals surface area contributed by atoms with E-state index in [1.807, 2.05) is 7.05 Å². The molecule has 0 amide bonds. The van der Waals surface area contributed by atoms with E-state index in [0.29, 0.717) is 19.1 Å². The van der Waals surface area contributed by atoms with Gasteiger partial charge in [0.1, 0.15) is 5.82 Å². The molecule has 4 nitrogen and oxygen atoms in total. The van der Waals surface area contributed by atoms with Crippen molar-refractivity contribution in [3.63, 3.8) is 0 Å². The largest absolute Gasteiger partial charge is 0.302 e. The number of hydrogen-bond donors (Lipinski definition) is 1. The van der Waals surface area contributed by atoms with Gasteiger partial charge >= 0.3 is 0 Å². The maximum atomic E-state index is 12.8. The van der Waals surface area contributed by atoms with Crippen LogP contribution >= 0.6 is 0 Å². The molecule has 1 aliphatic carbocycles. The highest BCUT2D eigenvalue weighted by Crippen LogP contribution is 2.21. The zero-order valence-corrected chi connectivity index (χ0v) is 13.2. The highest BCUT2D eigenvalue weighted by atomic mass is 32.2. The van der Waals surface area contributed by atoms with Crippen molar-refractivity contribution in [2.45, 2.75) is 43.0 Å². The first-order valence-electron chi connectivity index (χ1n) is 7.44.